The summed E-state index contributed by atoms with van der Waals surface area (Å²) in [6, 6.07) is 13.8. The monoisotopic (exact) mass is 306 g/mol. The summed E-state index contributed by atoms with van der Waals surface area (Å²) in [5.74, 6) is 0.0196. The highest BCUT2D eigenvalue weighted by Gasteiger charge is 2.03. The van der Waals surface area contributed by atoms with Crippen molar-refractivity contribution >= 4 is 11.6 Å². The molecule has 116 valence electrons. The summed E-state index contributed by atoms with van der Waals surface area (Å²) >= 11 is 0. The molecule has 1 aromatic carbocycles. The Hall–Kier alpha value is -2.95. The van der Waals surface area contributed by atoms with Crippen molar-refractivity contribution < 1.29 is 4.79 Å². The van der Waals surface area contributed by atoms with E-state index in [4.69, 9.17) is 0 Å². The first-order valence-electron chi connectivity index (χ1n) is 7.60. The lowest BCUT2D eigenvalue weighted by molar-refractivity contribution is -0.116. The first-order valence-corrected chi connectivity index (χ1v) is 7.60. The molecule has 5 nitrogen and oxygen atoms in total. The van der Waals surface area contributed by atoms with Crippen LogP contribution in [0.25, 0.3) is 5.69 Å². The van der Waals surface area contributed by atoms with Gasteiger partial charge in [0.1, 0.15) is 0 Å². The third-order valence-corrected chi connectivity index (χ3v) is 3.52. The van der Waals surface area contributed by atoms with Gasteiger partial charge in [0.15, 0.2) is 0 Å². The highest BCUT2D eigenvalue weighted by Crippen LogP contribution is 2.11. The lowest BCUT2D eigenvalue weighted by atomic mass is 10.1. The van der Waals surface area contributed by atoms with E-state index < -0.39 is 0 Å². The van der Waals surface area contributed by atoms with Gasteiger partial charge in [-0.25, -0.2) is 4.68 Å². The number of rotatable bonds is 6. The highest BCUT2D eigenvalue weighted by atomic mass is 16.1. The highest BCUT2D eigenvalue weighted by molar-refractivity contribution is 5.90. The largest absolute Gasteiger partial charge is 0.325 e. The van der Waals surface area contributed by atoms with Crippen LogP contribution in [-0.4, -0.2) is 20.7 Å². The van der Waals surface area contributed by atoms with Gasteiger partial charge in [-0.3, -0.25) is 9.78 Å². The first-order chi connectivity index (χ1) is 11.3. The van der Waals surface area contributed by atoms with E-state index in [9.17, 15) is 4.79 Å². The van der Waals surface area contributed by atoms with Gasteiger partial charge in [0, 0.05) is 25.0 Å². The van der Waals surface area contributed by atoms with Crippen molar-refractivity contribution in [3.8, 4) is 5.69 Å². The lowest BCUT2D eigenvalue weighted by Crippen LogP contribution is -2.11. The number of carbonyl (C=O) groups excluding carboxylic acids is 1. The molecule has 0 saturated carbocycles. The number of aromatic nitrogens is 3. The van der Waals surface area contributed by atoms with Crippen LogP contribution < -0.4 is 5.32 Å². The van der Waals surface area contributed by atoms with Gasteiger partial charge in [0.25, 0.3) is 0 Å². The van der Waals surface area contributed by atoms with E-state index in [-0.39, 0.29) is 5.91 Å². The second-order valence-corrected chi connectivity index (χ2v) is 5.26. The Labute approximate surface area is 135 Å². The van der Waals surface area contributed by atoms with Crippen molar-refractivity contribution in [3.05, 3.63) is 72.8 Å². The Morgan fingerprint density at radius 3 is 2.65 bits per heavy atom. The summed E-state index contributed by atoms with van der Waals surface area (Å²) in [6.45, 7) is 0. The predicted octanol–water partition coefficient (Wildman–Crippen LogP) is 3.23. The number of aryl methyl sites for hydroxylation is 1. The second kappa shape index (κ2) is 7.35. The number of nitrogens with zero attached hydrogens (tertiary/aromatic N) is 3. The van der Waals surface area contributed by atoms with Crippen LogP contribution in [0.1, 0.15) is 18.4 Å². The van der Waals surface area contributed by atoms with Crippen molar-refractivity contribution in [3.63, 3.8) is 0 Å². The third-order valence-electron chi connectivity index (χ3n) is 3.52. The fourth-order valence-corrected chi connectivity index (χ4v) is 2.35. The average molecular weight is 306 g/mol. The molecule has 0 spiro atoms. The Kier molecular flexibility index (Phi) is 4.79. The van der Waals surface area contributed by atoms with Crippen molar-refractivity contribution in [2.75, 3.05) is 5.32 Å². The van der Waals surface area contributed by atoms with E-state index in [1.165, 1.54) is 5.56 Å². The molecule has 0 radical (unpaired) electrons. The molecular weight excluding hydrogens is 288 g/mol. The molecule has 0 atom stereocenters. The van der Waals surface area contributed by atoms with Crippen LogP contribution in [-0.2, 0) is 11.2 Å². The molecule has 0 unspecified atom stereocenters. The molecule has 0 bridgehead atoms. The summed E-state index contributed by atoms with van der Waals surface area (Å²) < 4.78 is 1.82. The van der Waals surface area contributed by atoms with Gasteiger partial charge >= 0.3 is 0 Å². The number of hydrogen-bond donors (Lipinski definition) is 1. The van der Waals surface area contributed by atoms with Crippen LogP contribution in [0.4, 0.5) is 5.69 Å². The Balaban J connectivity index is 1.46. The fraction of sp³-hybridized carbons (Fsp3) is 0.167. The van der Waals surface area contributed by atoms with Crippen molar-refractivity contribution in [1.82, 2.24) is 14.8 Å². The van der Waals surface area contributed by atoms with E-state index >= 15 is 0 Å². The number of hydrogen-bond acceptors (Lipinski definition) is 3. The summed E-state index contributed by atoms with van der Waals surface area (Å²) in [5.41, 5.74) is 2.99. The van der Waals surface area contributed by atoms with Crippen LogP contribution in [0.3, 0.4) is 0 Å². The third kappa shape index (κ3) is 4.26. The van der Waals surface area contributed by atoms with Crippen molar-refractivity contribution in [1.29, 1.82) is 0 Å². The van der Waals surface area contributed by atoms with Crippen LogP contribution in [0.2, 0.25) is 0 Å². The topological polar surface area (TPSA) is 59.8 Å². The number of benzene rings is 1. The molecule has 3 rings (SSSR count). The minimum atomic E-state index is 0.0196. The summed E-state index contributed by atoms with van der Waals surface area (Å²) in [7, 11) is 0. The van der Waals surface area contributed by atoms with Gasteiger partial charge in [0.2, 0.25) is 5.91 Å². The second-order valence-electron chi connectivity index (χ2n) is 5.26. The van der Waals surface area contributed by atoms with Gasteiger partial charge in [-0.15, -0.1) is 0 Å². The van der Waals surface area contributed by atoms with E-state index in [1.807, 2.05) is 35.1 Å². The minimum absolute atomic E-state index is 0.0196. The molecule has 0 saturated heterocycles. The molecule has 0 aliphatic carbocycles. The number of carbonyl (C=O) groups is 1. The number of nitrogens with one attached hydrogen (secondary N) is 1. The average Bonchev–Trinajstić information content (AvgIpc) is 3.11. The van der Waals surface area contributed by atoms with Gasteiger partial charge < -0.3 is 5.32 Å². The van der Waals surface area contributed by atoms with Gasteiger partial charge in [0.05, 0.1) is 17.6 Å². The van der Waals surface area contributed by atoms with E-state index in [1.54, 1.807) is 24.7 Å². The van der Waals surface area contributed by atoms with Crippen molar-refractivity contribution in [2.45, 2.75) is 19.3 Å². The number of anilines is 1. The minimum Gasteiger partial charge on any atom is -0.325 e. The molecule has 0 fully saturated rings. The van der Waals surface area contributed by atoms with Gasteiger partial charge in [-0.2, -0.15) is 5.10 Å². The maximum Gasteiger partial charge on any atom is 0.224 e. The Morgan fingerprint density at radius 2 is 1.96 bits per heavy atom. The van der Waals surface area contributed by atoms with Crippen LogP contribution in [0.15, 0.2) is 67.3 Å². The maximum atomic E-state index is 11.9. The smallest absolute Gasteiger partial charge is 0.224 e. The predicted molar refractivity (Wildman–Crippen MR) is 89.4 cm³/mol. The summed E-state index contributed by atoms with van der Waals surface area (Å²) in [4.78, 5) is 15.8. The molecule has 0 aliphatic heterocycles. The molecular formula is C18H18N4O. The zero-order valence-electron chi connectivity index (χ0n) is 12.7. The summed E-state index contributed by atoms with van der Waals surface area (Å²) in [6.07, 6.45) is 9.18. The Bertz CT molecular complexity index is 736. The quantitative estimate of drug-likeness (QED) is 0.760. The zero-order chi connectivity index (χ0) is 15.9. The first kappa shape index (κ1) is 15.0. The van der Waals surface area contributed by atoms with Crippen LogP contribution in [0, 0.1) is 0 Å². The lowest BCUT2D eigenvalue weighted by Gasteiger charge is -2.06. The molecule has 5 heteroatoms. The molecule has 1 amide bonds. The maximum absolute atomic E-state index is 11.9. The number of amides is 1. The van der Waals surface area contributed by atoms with Gasteiger partial charge in [-0.05, 0) is 48.7 Å². The molecule has 0 aliphatic rings. The molecule has 2 heterocycles. The van der Waals surface area contributed by atoms with Crippen LogP contribution in [0.5, 0.6) is 0 Å². The van der Waals surface area contributed by atoms with E-state index in [0.29, 0.717) is 6.42 Å². The summed E-state index contributed by atoms with van der Waals surface area (Å²) in [5, 5.41) is 7.04. The Morgan fingerprint density at radius 1 is 1.09 bits per heavy atom. The van der Waals surface area contributed by atoms with E-state index in [0.717, 1.165) is 24.2 Å². The molecule has 3 aromatic rings. The van der Waals surface area contributed by atoms with Crippen LogP contribution >= 0.6 is 0 Å². The number of pyridine rings is 1. The fourth-order valence-electron chi connectivity index (χ4n) is 2.35. The molecule has 23 heavy (non-hydrogen) atoms. The SMILES string of the molecule is O=C(CCCc1ccc(-n2cccn2)cc1)Nc1cccnc1. The molecule has 1 N–H and O–H groups in total. The van der Waals surface area contributed by atoms with Gasteiger partial charge in [-0.1, -0.05) is 12.1 Å². The van der Waals surface area contributed by atoms with Crippen molar-refractivity contribution in [2.24, 2.45) is 0 Å². The standard InChI is InChI=1S/C18H18N4O/c23-18(21-16-5-2-11-19-14-16)6-1-4-15-7-9-17(10-8-15)22-13-3-12-20-22/h2-3,5,7-14H,1,4,6H2,(H,21,23). The van der Waals surface area contributed by atoms with E-state index in [2.05, 4.69) is 27.5 Å². The molecule has 2 aromatic heterocycles. The normalized spacial score (nSPS) is 10.4. The zero-order valence-corrected chi connectivity index (χ0v) is 12.7.